The minimum absolute atomic E-state index is 0.110. The number of amides is 2. The van der Waals surface area contributed by atoms with Gasteiger partial charge in [-0.2, -0.15) is 0 Å². The molecule has 2 aromatic carbocycles. The van der Waals surface area contributed by atoms with E-state index in [0.717, 1.165) is 34.8 Å². The van der Waals surface area contributed by atoms with Crippen LogP contribution in [0.1, 0.15) is 91.0 Å². The van der Waals surface area contributed by atoms with E-state index in [1.807, 2.05) is 24.3 Å². The summed E-state index contributed by atoms with van der Waals surface area (Å²) in [6.45, 7) is 21.1. The van der Waals surface area contributed by atoms with Gasteiger partial charge in [-0.15, -0.1) is 0 Å². The van der Waals surface area contributed by atoms with Gasteiger partial charge in [0.1, 0.15) is 18.1 Å². The molecule has 0 unspecified atom stereocenters. The molecule has 0 radical (unpaired) electrons. The summed E-state index contributed by atoms with van der Waals surface area (Å²) in [7, 11) is -1.48. The molecule has 282 valence electrons. The van der Waals surface area contributed by atoms with Crippen molar-refractivity contribution < 1.29 is 42.1 Å². The fraction of sp³-hybridized carbons (Fsp3) is 0.641. The second kappa shape index (κ2) is 15.9. The standard InChI is InChI=1S/C39H59NO9Si2/c1-12-50(13-2,14-3)49-37-31-21-34-33(46-23-47-34)20-30(31)35(27-17-28(43-10)19-29(18-27)44-11)36(38(41)40-15-16-45-39(40)42)32(37)22-48-51(24(4)5,25(6)7)26(8)9/h17-21,24-26,32,35-37H,12-16,22-23H2,1-11H3/t32-,35+,36+,37-/m0/s1. The molecule has 2 aromatic rings. The van der Waals surface area contributed by atoms with Crippen LogP contribution in [0.5, 0.6) is 23.0 Å². The number of methoxy groups -OCH3 is 2. The molecule has 12 heteroatoms. The van der Waals surface area contributed by atoms with E-state index in [1.165, 1.54) is 4.90 Å². The second-order valence-electron chi connectivity index (χ2n) is 15.2. The Hall–Kier alpha value is -3.07. The van der Waals surface area contributed by atoms with E-state index in [4.69, 9.17) is 32.5 Å². The van der Waals surface area contributed by atoms with Crippen LogP contribution in [0.4, 0.5) is 4.79 Å². The molecule has 3 aliphatic rings. The number of hydrogen-bond donors (Lipinski definition) is 0. The molecular formula is C39H59NO9Si2. The molecular weight excluding hydrogens is 683 g/mol. The average Bonchev–Trinajstić information content (AvgIpc) is 3.77. The molecule has 4 atom stereocenters. The number of carbonyl (C=O) groups is 2. The van der Waals surface area contributed by atoms with E-state index in [9.17, 15) is 4.79 Å². The van der Waals surface area contributed by atoms with E-state index in [2.05, 4.69) is 68.4 Å². The maximum Gasteiger partial charge on any atom is 0.416 e. The summed E-state index contributed by atoms with van der Waals surface area (Å²) in [4.78, 5) is 29.7. The normalized spacial score (nSPS) is 21.8. The SMILES string of the molecule is CC[Si](CC)(CC)O[C@H]1c2cc3c(cc2[C@@H](c2cc(OC)cc(OC)c2)[C@H](C(=O)N2CCOC2=O)[C@@H]1CO[Si](C(C)C)(C(C)C)C(C)C)OCO3. The highest BCUT2D eigenvalue weighted by molar-refractivity contribution is 6.77. The van der Waals surface area contributed by atoms with Gasteiger partial charge in [0.15, 0.2) is 28.1 Å². The van der Waals surface area contributed by atoms with Crippen LogP contribution in [0.15, 0.2) is 30.3 Å². The van der Waals surface area contributed by atoms with Crippen molar-refractivity contribution in [2.45, 2.75) is 109 Å². The zero-order valence-corrected chi connectivity index (χ0v) is 34.5. The predicted molar refractivity (Wildman–Crippen MR) is 202 cm³/mol. The molecule has 0 spiro atoms. The number of nitrogens with zero attached hydrogens (tertiary/aromatic N) is 1. The fourth-order valence-electron chi connectivity index (χ4n) is 9.20. The lowest BCUT2D eigenvalue weighted by Gasteiger charge is -2.49. The second-order valence-corrected chi connectivity index (χ2v) is 25.3. The number of rotatable bonds is 15. The molecule has 10 nitrogen and oxygen atoms in total. The molecule has 2 heterocycles. The summed E-state index contributed by atoms with van der Waals surface area (Å²) < 4.78 is 43.8. The highest BCUT2D eigenvalue weighted by atomic mass is 28.4. The molecule has 1 fully saturated rings. The van der Waals surface area contributed by atoms with Crippen LogP contribution >= 0.6 is 0 Å². The van der Waals surface area contributed by atoms with Crippen molar-refractivity contribution in [1.29, 1.82) is 0 Å². The summed E-state index contributed by atoms with van der Waals surface area (Å²) in [6.07, 6.45) is -1.11. The van der Waals surface area contributed by atoms with Crippen molar-refractivity contribution >= 4 is 28.6 Å². The quantitative estimate of drug-likeness (QED) is 0.166. The number of carbonyl (C=O) groups excluding carboxylic acids is 2. The van der Waals surface area contributed by atoms with Gasteiger partial charge < -0.3 is 32.5 Å². The molecule has 1 saturated heterocycles. The first-order valence-corrected chi connectivity index (χ1v) is 23.4. The third-order valence-electron chi connectivity index (χ3n) is 12.0. The Bertz CT molecular complexity index is 1510. The van der Waals surface area contributed by atoms with Crippen molar-refractivity contribution in [3.8, 4) is 23.0 Å². The van der Waals surface area contributed by atoms with Gasteiger partial charge in [0.2, 0.25) is 12.7 Å². The van der Waals surface area contributed by atoms with Gasteiger partial charge in [0, 0.05) is 24.5 Å². The summed E-state index contributed by atoms with van der Waals surface area (Å²) in [5.74, 6) is 0.462. The van der Waals surface area contributed by atoms with Crippen molar-refractivity contribution in [2.75, 3.05) is 40.8 Å². The van der Waals surface area contributed by atoms with Crippen LogP contribution in [0, 0.1) is 11.8 Å². The van der Waals surface area contributed by atoms with E-state index < -0.39 is 46.6 Å². The Labute approximate surface area is 306 Å². The van der Waals surface area contributed by atoms with Crippen molar-refractivity contribution in [3.05, 3.63) is 47.0 Å². The first-order chi connectivity index (χ1) is 24.3. The Kier molecular flexibility index (Phi) is 12.2. The number of hydrogen-bond acceptors (Lipinski definition) is 9. The topological polar surface area (TPSA) is 102 Å². The van der Waals surface area contributed by atoms with Gasteiger partial charge in [0.25, 0.3) is 0 Å². The van der Waals surface area contributed by atoms with Gasteiger partial charge in [-0.25, -0.2) is 9.69 Å². The third kappa shape index (κ3) is 7.17. The fourth-order valence-corrected chi connectivity index (χ4v) is 17.5. The Balaban J connectivity index is 1.83. The van der Waals surface area contributed by atoms with E-state index >= 15 is 4.79 Å². The van der Waals surface area contributed by atoms with Crippen LogP contribution in [-0.4, -0.2) is 74.3 Å². The minimum atomic E-state index is -2.42. The van der Waals surface area contributed by atoms with Crippen LogP contribution in [-0.2, 0) is 18.4 Å². The number of fused-ring (bicyclic) bond motifs is 2. The Morgan fingerprint density at radius 2 is 1.37 bits per heavy atom. The van der Waals surface area contributed by atoms with Gasteiger partial charge >= 0.3 is 6.09 Å². The lowest BCUT2D eigenvalue weighted by atomic mass is 9.64. The van der Waals surface area contributed by atoms with Crippen LogP contribution < -0.4 is 18.9 Å². The molecule has 0 saturated carbocycles. The smallest absolute Gasteiger partial charge is 0.416 e. The van der Waals surface area contributed by atoms with Crippen molar-refractivity contribution in [1.82, 2.24) is 4.90 Å². The lowest BCUT2D eigenvalue weighted by molar-refractivity contribution is -0.137. The first kappa shape index (κ1) is 39.1. The van der Waals surface area contributed by atoms with Crippen molar-refractivity contribution in [2.24, 2.45) is 11.8 Å². The molecule has 0 N–H and O–H groups in total. The largest absolute Gasteiger partial charge is 0.497 e. The molecule has 5 rings (SSSR count). The average molecular weight is 742 g/mol. The minimum Gasteiger partial charge on any atom is -0.497 e. The number of imide groups is 1. The molecule has 1 aliphatic carbocycles. The first-order valence-electron chi connectivity index (χ1n) is 18.8. The van der Waals surface area contributed by atoms with Gasteiger partial charge in [-0.05, 0) is 75.7 Å². The van der Waals surface area contributed by atoms with E-state index in [1.54, 1.807) is 14.2 Å². The molecule has 0 aromatic heterocycles. The van der Waals surface area contributed by atoms with Crippen molar-refractivity contribution in [3.63, 3.8) is 0 Å². The lowest BCUT2D eigenvalue weighted by Crippen LogP contribution is -2.53. The zero-order chi connectivity index (χ0) is 37.2. The van der Waals surface area contributed by atoms with E-state index in [-0.39, 0.29) is 25.9 Å². The van der Waals surface area contributed by atoms with Gasteiger partial charge in [-0.3, -0.25) is 4.79 Å². The molecule has 51 heavy (non-hydrogen) atoms. The summed E-state index contributed by atoms with van der Waals surface area (Å²) >= 11 is 0. The molecule has 2 amide bonds. The maximum absolute atomic E-state index is 15.2. The van der Waals surface area contributed by atoms with Crippen LogP contribution in [0.3, 0.4) is 0 Å². The maximum atomic E-state index is 15.2. The highest BCUT2D eigenvalue weighted by Crippen LogP contribution is 2.56. The third-order valence-corrected chi connectivity index (χ3v) is 22.7. The highest BCUT2D eigenvalue weighted by Gasteiger charge is 2.54. The summed E-state index contributed by atoms with van der Waals surface area (Å²) in [5.41, 5.74) is 3.68. The summed E-state index contributed by atoms with van der Waals surface area (Å²) in [6, 6.07) is 12.6. The van der Waals surface area contributed by atoms with Gasteiger partial charge in [0.05, 0.1) is 32.8 Å². The number of benzene rings is 2. The molecule has 2 aliphatic heterocycles. The van der Waals surface area contributed by atoms with Gasteiger partial charge in [-0.1, -0.05) is 62.3 Å². The predicted octanol–water partition coefficient (Wildman–Crippen LogP) is 9.04. The Morgan fingerprint density at radius 1 is 0.824 bits per heavy atom. The molecule has 0 bridgehead atoms. The zero-order valence-electron chi connectivity index (χ0n) is 32.5. The number of cyclic esters (lactones) is 1. The van der Waals surface area contributed by atoms with Crippen LogP contribution in [0.2, 0.25) is 34.8 Å². The van der Waals surface area contributed by atoms with E-state index in [0.29, 0.717) is 46.2 Å². The number of ether oxygens (including phenoxy) is 5. The Morgan fingerprint density at radius 3 is 1.84 bits per heavy atom. The van der Waals surface area contributed by atoms with Crippen LogP contribution in [0.25, 0.3) is 0 Å². The monoisotopic (exact) mass is 741 g/mol. The summed E-state index contributed by atoms with van der Waals surface area (Å²) in [5, 5.41) is 0.